The molecule has 1 aromatic rings. The van der Waals surface area contributed by atoms with Crippen molar-refractivity contribution < 1.29 is 14.3 Å². The Morgan fingerprint density at radius 2 is 2.17 bits per heavy atom. The summed E-state index contributed by atoms with van der Waals surface area (Å²) in [5.74, 6) is 1.50. The Bertz CT molecular complexity index is 421. The van der Waals surface area contributed by atoms with Gasteiger partial charge in [-0.15, -0.1) is 0 Å². The maximum atomic E-state index is 11.5. The topological polar surface area (TPSA) is 59.6 Å². The number of rotatable bonds is 6. The van der Waals surface area contributed by atoms with Crippen molar-refractivity contribution in [2.75, 3.05) is 19.9 Å². The molecule has 0 bridgehead atoms. The standard InChI is InChI=1S/C13H18N2O3/c1-2-5-14-8-13(16)15-7-10-3-4-11-12(6-10)18-9-17-11/h3-4,6,14H,2,5,7-9H2,1H3,(H,15,16). The van der Waals surface area contributed by atoms with Crippen LogP contribution < -0.4 is 20.1 Å². The van der Waals surface area contributed by atoms with E-state index < -0.39 is 0 Å². The van der Waals surface area contributed by atoms with Gasteiger partial charge >= 0.3 is 0 Å². The monoisotopic (exact) mass is 250 g/mol. The van der Waals surface area contributed by atoms with E-state index in [0.29, 0.717) is 13.1 Å². The molecular weight excluding hydrogens is 232 g/mol. The number of ether oxygens (including phenoxy) is 2. The van der Waals surface area contributed by atoms with Crippen LogP contribution in [-0.2, 0) is 11.3 Å². The van der Waals surface area contributed by atoms with Crippen LogP contribution in [0.25, 0.3) is 0 Å². The molecule has 5 nitrogen and oxygen atoms in total. The third-order valence-corrected chi connectivity index (χ3v) is 2.64. The third kappa shape index (κ3) is 3.37. The molecule has 0 atom stereocenters. The van der Waals surface area contributed by atoms with E-state index in [4.69, 9.17) is 9.47 Å². The molecule has 0 aliphatic carbocycles. The molecule has 18 heavy (non-hydrogen) atoms. The number of hydrogen-bond donors (Lipinski definition) is 2. The summed E-state index contributed by atoms with van der Waals surface area (Å²) in [7, 11) is 0. The number of hydrogen-bond acceptors (Lipinski definition) is 4. The van der Waals surface area contributed by atoms with Gasteiger partial charge in [0.2, 0.25) is 12.7 Å². The van der Waals surface area contributed by atoms with Gasteiger partial charge in [0.15, 0.2) is 11.5 Å². The van der Waals surface area contributed by atoms with Crippen LogP contribution in [0.1, 0.15) is 18.9 Å². The van der Waals surface area contributed by atoms with E-state index in [1.165, 1.54) is 0 Å². The first-order valence-corrected chi connectivity index (χ1v) is 6.15. The first-order valence-electron chi connectivity index (χ1n) is 6.15. The van der Waals surface area contributed by atoms with Crippen molar-refractivity contribution >= 4 is 5.91 Å². The van der Waals surface area contributed by atoms with Gasteiger partial charge in [0.25, 0.3) is 0 Å². The van der Waals surface area contributed by atoms with E-state index in [1.807, 2.05) is 18.2 Å². The number of nitrogens with one attached hydrogen (secondary N) is 2. The molecule has 0 unspecified atom stereocenters. The molecule has 1 aliphatic heterocycles. The summed E-state index contributed by atoms with van der Waals surface area (Å²) < 4.78 is 10.5. The normalized spacial score (nSPS) is 12.5. The summed E-state index contributed by atoms with van der Waals surface area (Å²) in [5, 5.41) is 5.91. The van der Waals surface area contributed by atoms with Crippen molar-refractivity contribution in [1.82, 2.24) is 10.6 Å². The average molecular weight is 250 g/mol. The highest BCUT2D eigenvalue weighted by atomic mass is 16.7. The number of carbonyl (C=O) groups excluding carboxylic acids is 1. The van der Waals surface area contributed by atoms with Crippen molar-refractivity contribution in [2.45, 2.75) is 19.9 Å². The van der Waals surface area contributed by atoms with Crippen LogP contribution in [0.3, 0.4) is 0 Å². The molecular formula is C13H18N2O3. The summed E-state index contributed by atoms with van der Waals surface area (Å²) in [6.45, 7) is 4.06. The first-order chi connectivity index (χ1) is 8.79. The molecule has 0 spiro atoms. The van der Waals surface area contributed by atoms with E-state index in [-0.39, 0.29) is 12.7 Å². The van der Waals surface area contributed by atoms with Crippen LogP contribution in [0.15, 0.2) is 18.2 Å². The zero-order chi connectivity index (χ0) is 12.8. The predicted octanol–water partition coefficient (Wildman–Crippen LogP) is 1.03. The lowest BCUT2D eigenvalue weighted by Crippen LogP contribution is -2.33. The minimum Gasteiger partial charge on any atom is -0.454 e. The summed E-state index contributed by atoms with van der Waals surface area (Å²) in [5.41, 5.74) is 1.00. The molecule has 1 heterocycles. The minimum atomic E-state index is 0.00103. The quantitative estimate of drug-likeness (QED) is 0.740. The van der Waals surface area contributed by atoms with Crippen LogP contribution in [0, 0.1) is 0 Å². The number of fused-ring (bicyclic) bond motifs is 1. The molecule has 0 saturated heterocycles. The lowest BCUT2D eigenvalue weighted by molar-refractivity contribution is -0.120. The van der Waals surface area contributed by atoms with Gasteiger partial charge in [-0.2, -0.15) is 0 Å². The van der Waals surface area contributed by atoms with Gasteiger partial charge in [-0.25, -0.2) is 0 Å². The molecule has 2 rings (SSSR count). The van der Waals surface area contributed by atoms with Crippen LogP contribution in [-0.4, -0.2) is 25.8 Å². The fourth-order valence-electron chi connectivity index (χ4n) is 1.69. The zero-order valence-corrected chi connectivity index (χ0v) is 10.5. The minimum absolute atomic E-state index is 0.00103. The second-order valence-corrected chi connectivity index (χ2v) is 4.14. The Morgan fingerprint density at radius 1 is 1.33 bits per heavy atom. The van der Waals surface area contributed by atoms with Crippen LogP contribution >= 0.6 is 0 Å². The largest absolute Gasteiger partial charge is 0.454 e. The van der Waals surface area contributed by atoms with E-state index in [2.05, 4.69) is 17.6 Å². The summed E-state index contributed by atoms with van der Waals surface area (Å²) in [6.07, 6.45) is 1.02. The number of benzene rings is 1. The smallest absolute Gasteiger partial charge is 0.234 e. The lowest BCUT2D eigenvalue weighted by atomic mass is 10.2. The third-order valence-electron chi connectivity index (χ3n) is 2.64. The molecule has 0 radical (unpaired) electrons. The summed E-state index contributed by atoms with van der Waals surface area (Å²) in [4.78, 5) is 11.5. The fraction of sp³-hybridized carbons (Fsp3) is 0.462. The molecule has 0 fully saturated rings. The van der Waals surface area contributed by atoms with Gasteiger partial charge in [0.1, 0.15) is 0 Å². The van der Waals surface area contributed by atoms with Crippen molar-refractivity contribution in [1.29, 1.82) is 0 Å². The van der Waals surface area contributed by atoms with Gasteiger partial charge in [-0.1, -0.05) is 13.0 Å². The highest BCUT2D eigenvalue weighted by molar-refractivity contribution is 5.77. The Labute approximate surface area is 106 Å². The van der Waals surface area contributed by atoms with Gasteiger partial charge in [0, 0.05) is 6.54 Å². The van der Waals surface area contributed by atoms with Crippen molar-refractivity contribution in [2.24, 2.45) is 0 Å². The first kappa shape index (κ1) is 12.7. The second-order valence-electron chi connectivity index (χ2n) is 4.14. The Balaban J connectivity index is 1.78. The molecule has 1 amide bonds. The lowest BCUT2D eigenvalue weighted by Gasteiger charge is -2.06. The molecule has 98 valence electrons. The van der Waals surface area contributed by atoms with Crippen LogP contribution in [0.2, 0.25) is 0 Å². The maximum absolute atomic E-state index is 11.5. The predicted molar refractivity (Wildman–Crippen MR) is 67.6 cm³/mol. The molecule has 0 aromatic heterocycles. The van der Waals surface area contributed by atoms with Crippen molar-refractivity contribution in [3.05, 3.63) is 23.8 Å². The molecule has 2 N–H and O–H groups in total. The summed E-state index contributed by atoms with van der Waals surface area (Å²) >= 11 is 0. The van der Waals surface area contributed by atoms with E-state index in [1.54, 1.807) is 0 Å². The number of amides is 1. The van der Waals surface area contributed by atoms with Gasteiger partial charge in [0.05, 0.1) is 6.54 Å². The van der Waals surface area contributed by atoms with Crippen LogP contribution in [0.5, 0.6) is 11.5 Å². The van der Waals surface area contributed by atoms with E-state index in [0.717, 1.165) is 30.0 Å². The van der Waals surface area contributed by atoms with Gasteiger partial charge < -0.3 is 20.1 Å². The second kappa shape index (κ2) is 6.26. The van der Waals surface area contributed by atoms with Crippen LogP contribution in [0.4, 0.5) is 0 Å². The Hall–Kier alpha value is -1.75. The fourth-order valence-corrected chi connectivity index (χ4v) is 1.69. The Morgan fingerprint density at radius 3 is 3.00 bits per heavy atom. The summed E-state index contributed by atoms with van der Waals surface area (Å²) in [6, 6.07) is 5.68. The maximum Gasteiger partial charge on any atom is 0.234 e. The van der Waals surface area contributed by atoms with Gasteiger partial charge in [-0.05, 0) is 30.7 Å². The SMILES string of the molecule is CCCNCC(=O)NCc1ccc2c(c1)OCO2. The highest BCUT2D eigenvalue weighted by Gasteiger charge is 2.13. The van der Waals surface area contributed by atoms with Crippen molar-refractivity contribution in [3.63, 3.8) is 0 Å². The Kier molecular flexibility index (Phi) is 4.41. The van der Waals surface area contributed by atoms with Gasteiger partial charge in [-0.3, -0.25) is 4.79 Å². The molecule has 5 heteroatoms. The molecule has 0 saturated carbocycles. The highest BCUT2D eigenvalue weighted by Crippen LogP contribution is 2.32. The van der Waals surface area contributed by atoms with E-state index in [9.17, 15) is 4.79 Å². The number of carbonyl (C=O) groups is 1. The molecule has 1 aliphatic rings. The van der Waals surface area contributed by atoms with Crippen molar-refractivity contribution in [3.8, 4) is 11.5 Å². The van der Waals surface area contributed by atoms with E-state index >= 15 is 0 Å². The zero-order valence-electron chi connectivity index (χ0n) is 10.5. The molecule has 1 aromatic carbocycles. The average Bonchev–Trinajstić information content (AvgIpc) is 2.84.